The monoisotopic (exact) mass is 341 g/mol. The normalized spacial score (nSPS) is 15.6. The number of benzene rings is 1. The number of nitrogens with one attached hydrogen (secondary N) is 1. The molecule has 1 aromatic heterocycles. The van der Waals surface area contributed by atoms with E-state index in [0.717, 1.165) is 0 Å². The van der Waals surface area contributed by atoms with Crippen LogP contribution < -0.4 is 10.9 Å². The van der Waals surface area contributed by atoms with Crippen LogP contribution in [0.15, 0.2) is 29.1 Å². The van der Waals surface area contributed by atoms with Gasteiger partial charge in [0.2, 0.25) is 0 Å². The molecule has 1 fully saturated rings. The van der Waals surface area contributed by atoms with Crippen LogP contribution in [0.1, 0.15) is 56.4 Å². The Morgan fingerprint density at radius 2 is 1.88 bits per heavy atom. The van der Waals surface area contributed by atoms with E-state index in [0.29, 0.717) is 35.5 Å². The number of fused-ring (bicyclic) bond motifs is 1. The standard InChI is InChI=1S/C20H27N3O2/c1-14(2)13-23-20(25)17-11-7-6-10-16(17)18(22-23)19(24)21-12-15-8-4-3-5-9-15/h6-7,10-11,14-15H,3-5,8-9,12-13H2,1-2H3,(H,21,24). The molecule has 1 aromatic carbocycles. The van der Waals surface area contributed by atoms with E-state index >= 15 is 0 Å². The molecule has 1 amide bonds. The van der Waals surface area contributed by atoms with Gasteiger partial charge in [0.05, 0.1) is 5.39 Å². The number of carbonyl (C=O) groups is 1. The van der Waals surface area contributed by atoms with E-state index in [4.69, 9.17) is 0 Å². The van der Waals surface area contributed by atoms with Crippen molar-refractivity contribution < 1.29 is 4.79 Å². The topological polar surface area (TPSA) is 64.0 Å². The third-order valence-corrected chi connectivity index (χ3v) is 4.90. The van der Waals surface area contributed by atoms with E-state index in [1.165, 1.54) is 36.8 Å². The molecular formula is C20H27N3O2. The van der Waals surface area contributed by atoms with Crippen LogP contribution in [0.2, 0.25) is 0 Å². The maximum absolute atomic E-state index is 12.8. The molecule has 134 valence electrons. The molecule has 0 unspecified atom stereocenters. The summed E-state index contributed by atoms with van der Waals surface area (Å²) in [5.74, 6) is 0.661. The summed E-state index contributed by atoms with van der Waals surface area (Å²) in [6, 6.07) is 7.24. The van der Waals surface area contributed by atoms with Gasteiger partial charge in [-0.05, 0) is 30.7 Å². The Labute approximate surface area is 148 Å². The summed E-state index contributed by atoms with van der Waals surface area (Å²) in [5.41, 5.74) is 0.222. The highest BCUT2D eigenvalue weighted by Gasteiger charge is 2.19. The fourth-order valence-electron chi connectivity index (χ4n) is 3.58. The lowest BCUT2D eigenvalue weighted by molar-refractivity contribution is 0.0937. The summed E-state index contributed by atoms with van der Waals surface area (Å²) >= 11 is 0. The first-order valence-electron chi connectivity index (χ1n) is 9.34. The van der Waals surface area contributed by atoms with Gasteiger partial charge in [-0.3, -0.25) is 9.59 Å². The van der Waals surface area contributed by atoms with Gasteiger partial charge in [-0.25, -0.2) is 4.68 Å². The molecule has 2 aromatic rings. The van der Waals surface area contributed by atoms with Crippen molar-refractivity contribution in [1.82, 2.24) is 15.1 Å². The van der Waals surface area contributed by atoms with E-state index in [9.17, 15) is 9.59 Å². The Morgan fingerprint density at radius 3 is 2.56 bits per heavy atom. The Bertz CT molecular complexity index is 804. The lowest BCUT2D eigenvalue weighted by Crippen LogP contribution is -2.34. The van der Waals surface area contributed by atoms with Gasteiger partial charge in [0, 0.05) is 18.5 Å². The predicted octanol–water partition coefficient (Wildman–Crippen LogP) is 3.36. The van der Waals surface area contributed by atoms with Crippen molar-refractivity contribution in [2.45, 2.75) is 52.5 Å². The van der Waals surface area contributed by atoms with Crippen molar-refractivity contribution in [3.05, 3.63) is 40.3 Å². The van der Waals surface area contributed by atoms with Crippen LogP contribution in [0.25, 0.3) is 10.8 Å². The van der Waals surface area contributed by atoms with Crippen molar-refractivity contribution in [3.63, 3.8) is 0 Å². The Hall–Kier alpha value is -2.17. The fraction of sp³-hybridized carbons (Fsp3) is 0.550. The van der Waals surface area contributed by atoms with Crippen molar-refractivity contribution in [3.8, 4) is 0 Å². The quantitative estimate of drug-likeness (QED) is 0.907. The maximum Gasteiger partial charge on any atom is 0.274 e. The highest BCUT2D eigenvalue weighted by Crippen LogP contribution is 2.23. The molecule has 5 nitrogen and oxygen atoms in total. The van der Waals surface area contributed by atoms with Crippen molar-refractivity contribution in [2.75, 3.05) is 6.54 Å². The van der Waals surface area contributed by atoms with Crippen LogP contribution in [0.5, 0.6) is 0 Å². The summed E-state index contributed by atoms with van der Waals surface area (Å²) in [5, 5.41) is 8.63. The van der Waals surface area contributed by atoms with Gasteiger partial charge in [0.25, 0.3) is 11.5 Å². The molecule has 1 heterocycles. The van der Waals surface area contributed by atoms with Crippen LogP contribution in [0, 0.1) is 11.8 Å². The van der Waals surface area contributed by atoms with Gasteiger partial charge in [-0.1, -0.05) is 51.3 Å². The number of nitrogens with zero attached hydrogens (tertiary/aromatic N) is 2. The molecule has 0 atom stereocenters. The maximum atomic E-state index is 12.8. The van der Waals surface area contributed by atoms with Gasteiger partial charge in [0.15, 0.2) is 5.69 Å². The molecule has 1 aliphatic rings. The zero-order chi connectivity index (χ0) is 17.8. The van der Waals surface area contributed by atoms with Gasteiger partial charge < -0.3 is 5.32 Å². The molecule has 0 radical (unpaired) electrons. The molecular weight excluding hydrogens is 314 g/mol. The summed E-state index contributed by atoms with van der Waals surface area (Å²) in [7, 11) is 0. The van der Waals surface area contributed by atoms with Crippen LogP contribution in [-0.4, -0.2) is 22.2 Å². The number of rotatable bonds is 5. The molecule has 3 rings (SSSR count). The fourth-order valence-corrected chi connectivity index (χ4v) is 3.58. The van der Waals surface area contributed by atoms with Crippen molar-refractivity contribution >= 4 is 16.7 Å². The average molecular weight is 341 g/mol. The highest BCUT2D eigenvalue weighted by atomic mass is 16.2. The predicted molar refractivity (Wildman–Crippen MR) is 99.7 cm³/mol. The first kappa shape index (κ1) is 17.6. The molecule has 5 heteroatoms. The van der Waals surface area contributed by atoms with Crippen molar-refractivity contribution in [1.29, 1.82) is 0 Å². The average Bonchev–Trinajstić information content (AvgIpc) is 2.62. The van der Waals surface area contributed by atoms with Crippen LogP contribution >= 0.6 is 0 Å². The second kappa shape index (κ2) is 7.81. The number of aromatic nitrogens is 2. The largest absolute Gasteiger partial charge is 0.350 e. The second-order valence-electron chi connectivity index (χ2n) is 7.49. The van der Waals surface area contributed by atoms with Gasteiger partial charge >= 0.3 is 0 Å². The minimum Gasteiger partial charge on any atom is -0.350 e. The molecule has 25 heavy (non-hydrogen) atoms. The molecule has 0 spiro atoms. The van der Waals surface area contributed by atoms with Crippen LogP contribution in [0.3, 0.4) is 0 Å². The number of hydrogen-bond donors (Lipinski definition) is 1. The van der Waals surface area contributed by atoms with Crippen LogP contribution in [-0.2, 0) is 6.54 Å². The third kappa shape index (κ3) is 4.09. The lowest BCUT2D eigenvalue weighted by atomic mass is 9.89. The van der Waals surface area contributed by atoms with E-state index in [-0.39, 0.29) is 17.4 Å². The number of hydrogen-bond acceptors (Lipinski definition) is 3. The zero-order valence-corrected chi connectivity index (χ0v) is 15.1. The first-order chi connectivity index (χ1) is 12.1. The Kier molecular flexibility index (Phi) is 5.51. The zero-order valence-electron chi connectivity index (χ0n) is 15.1. The van der Waals surface area contributed by atoms with Gasteiger partial charge in [0.1, 0.15) is 0 Å². The smallest absolute Gasteiger partial charge is 0.274 e. The highest BCUT2D eigenvalue weighted by molar-refractivity contribution is 6.04. The van der Waals surface area contributed by atoms with E-state index < -0.39 is 0 Å². The van der Waals surface area contributed by atoms with E-state index in [1.54, 1.807) is 12.1 Å². The lowest BCUT2D eigenvalue weighted by Gasteiger charge is -2.21. The van der Waals surface area contributed by atoms with E-state index in [1.807, 2.05) is 26.0 Å². The molecule has 1 N–H and O–H groups in total. The minimum atomic E-state index is -0.181. The van der Waals surface area contributed by atoms with E-state index in [2.05, 4.69) is 10.4 Å². The summed E-state index contributed by atoms with van der Waals surface area (Å²) < 4.78 is 1.43. The summed E-state index contributed by atoms with van der Waals surface area (Å²) in [6.45, 7) is 5.27. The number of carbonyl (C=O) groups excluding carboxylic acids is 1. The summed E-state index contributed by atoms with van der Waals surface area (Å²) in [6.07, 6.45) is 6.17. The van der Waals surface area contributed by atoms with Gasteiger partial charge in [-0.15, -0.1) is 0 Å². The Balaban J connectivity index is 1.89. The minimum absolute atomic E-state index is 0.131. The molecule has 0 bridgehead atoms. The first-order valence-corrected chi connectivity index (χ1v) is 9.34. The molecule has 1 saturated carbocycles. The second-order valence-corrected chi connectivity index (χ2v) is 7.49. The SMILES string of the molecule is CC(C)Cn1nc(C(=O)NCC2CCCCC2)c2ccccc2c1=O. The van der Waals surface area contributed by atoms with Crippen molar-refractivity contribution in [2.24, 2.45) is 11.8 Å². The Morgan fingerprint density at radius 1 is 1.20 bits per heavy atom. The molecule has 0 aliphatic heterocycles. The van der Waals surface area contributed by atoms with Crippen LogP contribution in [0.4, 0.5) is 0 Å². The number of amides is 1. The third-order valence-electron chi connectivity index (χ3n) is 4.90. The summed E-state index contributed by atoms with van der Waals surface area (Å²) in [4.78, 5) is 25.4. The van der Waals surface area contributed by atoms with Gasteiger partial charge in [-0.2, -0.15) is 5.10 Å². The molecule has 1 aliphatic carbocycles. The molecule has 0 saturated heterocycles.